The van der Waals surface area contributed by atoms with Crippen molar-refractivity contribution in [1.82, 2.24) is 4.98 Å². The lowest BCUT2D eigenvalue weighted by atomic mass is 10.2. The highest BCUT2D eigenvalue weighted by Gasteiger charge is 2.22. The van der Waals surface area contributed by atoms with E-state index < -0.39 is 0 Å². The number of nitrogens with zero attached hydrogens (tertiary/aromatic N) is 2. The van der Waals surface area contributed by atoms with Crippen molar-refractivity contribution in [2.75, 3.05) is 17.9 Å². The lowest BCUT2D eigenvalue weighted by molar-refractivity contribution is -0.115. The number of hydrogen-bond acceptors (Lipinski definition) is 4. The molecular weight excluding hydrogens is 415 g/mol. The summed E-state index contributed by atoms with van der Waals surface area (Å²) in [6.07, 6.45) is 0. The summed E-state index contributed by atoms with van der Waals surface area (Å²) >= 11 is 19.3. The van der Waals surface area contributed by atoms with Crippen LogP contribution < -0.4 is 9.64 Å². The summed E-state index contributed by atoms with van der Waals surface area (Å²) < 4.78 is 5.24. The van der Waals surface area contributed by atoms with Gasteiger partial charge in [0.25, 0.3) is 0 Å². The van der Waals surface area contributed by atoms with E-state index >= 15 is 0 Å². The Hall–Kier alpha value is -1.79. The van der Waals surface area contributed by atoms with Crippen LogP contribution in [0.25, 0.3) is 11.3 Å². The zero-order valence-corrected chi connectivity index (χ0v) is 16.7. The Morgan fingerprint density at radius 3 is 2.73 bits per heavy atom. The van der Waals surface area contributed by atoms with Crippen LogP contribution in [-0.2, 0) is 4.79 Å². The first-order valence-electron chi connectivity index (χ1n) is 7.47. The van der Waals surface area contributed by atoms with Gasteiger partial charge in [0.05, 0.1) is 23.5 Å². The number of rotatable bonds is 5. The van der Waals surface area contributed by atoms with Gasteiger partial charge in [-0.3, -0.25) is 9.69 Å². The van der Waals surface area contributed by atoms with Crippen LogP contribution in [0.3, 0.4) is 0 Å². The molecule has 0 fully saturated rings. The summed E-state index contributed by atoms with van der Waals surface area (Å²) in [6.45, 7) is 0. The zero-order chi connectivity index (χ0) is 18.7. The second-order valence-electron chi connectivity index (χ2n) is 5.20. The third-order valence-corrected chi connectivity index (χ3v) is 5.17. The molecule has 134 valence electrons. The summed E-state index contributed by atoms with van der Waals surface area (Å²) in [7, 11) is 1.57. The van der Waals surface area contributed by atoms with Gasteiger partial charge in [0, 0.05) is 22.0 Å². The fourth-order valence-electron chi connectivity index (χ4n) is 2.36. The minimum Gasteiger partial charge on any atom is -0.497 e. The fourth-order valence-corrected chi connectivity index (χ4v) is 3.84. The monoisotopic (exact) mass is 426 g/mol. The fraction of sp³-hybridized carbons (Fsp3) is 0.111. The summed E-state index contributed by atoms with van der Waals surface area (Å²) in [5, 5.41) is 3.36. The normalized spacial score (nSPS) is 10.6. The van der Waals surface area contributed by atoms with Crippen LogP contribution >= 0.6 is 46.1 Å². The number of hydrogen-bond donors (Lipinski definition) is 0. The average molecular weight is 428 g/mol. The molecule has 0 aliphatic heterocycles. The van der Waals surface area contributed by atoms with Crippen molar-refractivity contribution >= 4 is 62.9 Å². The quantitative estimate of drug-likeness (QED) is 0.467. The predicted molar refractivity (Wildman–Crippen MR) is 108 cm³/mol. The van der Waals surface area contributed by atoms with Crippen LogP contribution in [0.5, 0.6) is 5.75 Å². The molecule has 0 bridgehead atoms. The molecule has 1 aromatic heterocycles. The second kappa shape index (κ2) is 8.27. The largest absolute Gasteiger partial charge is 0.497 e. The van der Waals surface area contributed by atoms with Gasteiger partial charge in [-0.25, -0.2) is 4.98 Å². The molecule has 0 aliphatic rings. The van der Waals surface area contributed by atoms with Gasteiger partial charge < -0.3 is 4.74 Å². The van der Waals surface area contributed by atoms with Crippen LogP contribution in [0.15, 0.2) is 47.8 Å². The molecule has 26 heavy (non-hydrogen) atoms. The minimum atomic E-state index is -0.289. The molecule has 0 saturated carbocycles. The van der Waals surface area contributed by atoms with Crippen molar-refractivity contribution in [1.29, 1.82) is 0 Å². The van der Waals surface area contributed by atoms with E-state index in [1.54, 1.807) is 49.6 Å². The molecule has 0 atom stereocenters. The Labute approximate surface area is 169 Å². The first-order chi connectivity index (χ1) is 12.5. The molecule has 2 aromatic carbocycles. The topological polar surface area (TPSA) is 42.4 Å². The number of carbonyl (C=O) groups is 1. The van der Waals surface area contributed by atoms with Crippen molar-refractivity contribution in [3.8, 4) is 17.0 Å². The second-order valence-corrected chi connectivity index (χ2v) is 7.15. The summed E-state index contributed by atoms with van der Waals surface area (Å²) in [6, 6.07) is 12.3. The number of benzene rings is 2. The highest BCUT2D eigenvalue weighted by molar-refractivity contribution is 7.14. The first kappa shape index (κ1) is 19.0. The van der Waals surface area contributed by atoms with E-state index in [0.29, 0.717) is 32.3 Å². The number of amides is 1. The number of ether oxygens (including phenoxy) is 1. The average Bonchev–Trinajstić information content (AvgIpc) is 3.11. The van der Waals surface area contributed by atoms with Crippen LogP contribution in [0.2, 0.25) is 10.0 Å². The van der Waals surface area contributed by atoms with Crippen LogP contribution in [0, 0.1) is 0 Å². The van der Waals surface area contributed by atoms with E-state index in [-0.39, 0.29) is 11.8 Å². The maximum atomic E-state index is 12.4. The Balaban J connectivity index is 2.03. The van der Waals surface area contributed by atoms with Gasteiger partial charge in [0.2, 0.25) is 5.91 Å². The standard InChI is InChI=1S/C18H13Cl3N2O2S/c1-25-13-4-2-3-12(8-13)23(17(24)9-19)18-22-16(10-26-18)14-6-5-11(20)7-15(14)21/h2-8,10H,9H2,1H3. The maximum Gasteiger partial charge on any atom is 0.248 e. The van der Waals surface area contributed by atoms with E-state index in [9.17, 15) is 4.79 Å². The number of alkyl halides is 1. The number of carbonyl (C=O) groups excluding carboxylic acids is 1. The van der Waals surface area contributed by atoms with E-state index in [0.717, 1.165) is 5.56 Å². The van der Waals surface area contributed by atoms with Crippen molar-refractivity contribution in [3.05, 3.63) is 57.9 Å². The SMILES string of the molecule is COc1cccc(N(C(=O)CCl)c2nc(-c3ccc(Cl)cc3Cl)cs2)c1. The molecule has 1 heterocycles. The molecule has 3 rings (SSSR count). The number of thiazole rings is 1. The lowest BCUT2D eigenvalue weighted by Crippen LogP contribution is -2.26. The number of aromatic nitrogens is 1. The van der Waals surface area contributed by atoms with Gasteiger partial charge in [0.15, 0.2) is 5.13 Å². The molecule has 4 nitrogen and oxygen atoms in total. The molecule has 0 spiro atoms. The third-order valence-electron chi connectivity index (χ3n) is 3.57. The minimum absolute atomic E-state index is 0.173. The van der Waals surface area contributed by atoms with E-state index in [2.05, 4.69) is 4.98 Å². The molecule has 0 saturated heterocycles. The molecule has 0 N–H and O–H groups in total. The number of anilines is 2. The van der Waals surface area contributed by atoms with Gasteiger partial charge in [-0.15, -0.1) is 22.9 Å². The lowest BCUT2D eigenvalue weighted by Gasteiger charge is -2.19. The number of halogens is 3. The highest BCUT2D eigenvalue weighted by atomic mass is 35.5. The molecule has 1 amide bonds. The van der Waals surface area contributed by atoms with E-state index in [1.807, 2.05) is 5.38 Å². The summed E-state index contributed by atoms with van der Waals surface area (Å²) in [4.78, 5) is 18.5. The molecular formula is C18H13Cl3N2O2S. The molecule has 0 radical (unpaired) electrons. The molecule has 0 unspecified atom stereocenters. The van der Waals surface area contributed by atoms with Crippen molar-refractivity contribution in [2.24, 2.45) is 0 Å². The zero-order valence-electron chi connectivity index (χ0n) is 13.6. The Bertz CT molecular complexity index is 946. The molecule has 3 aromatic rings. The van der Waals surface area contributed by atoms with E-state index in [4.69, 9.17) is 39.5 Å². The van der Waals surface area contributed by atoms with Crippen LogP contribution in [0.1, 0.15) is 0 Å². The van der Waals surface area contributed by atoms with Crippen molar-refractivity contribution in [2.45, 2.75) is 0 Å². The number of methoxy groups -OCH3 is 1. The Morgan fingerprint density at radius 2 is 2.04 bits per heavy atom. The van der Waals surface area contributed by atoms with Gasteiger partial charge >= 0.3 is 0 Å². The van der Waals surface area contributed by atoms with Crippen molar-refractivity contribution in [3.63, 3.8) is 0 Å². The molecule has 8 heteroatoms. The van der Waals surface area contributed by atoms with Crippen LogP contribution in [-0.4, -0.2) is 23.9 Å². The van der Waals surface area contributed by atoms with Gasteiger partial charge in [-0.2, -0.15) is 0 Å². The summed E-state index contributed by atoms with van der Waals surface area (Å²) in [5.74, 6) is 0.170. The van der Waals surface area contributed by atoms with Crippen LogP contribution in [0.4, 0.5) is 10.8 Å². The first-order valence-corrected chi connectivity index (χ1v) is 9.64. The predicted octanol–water partition coefficient (Wildman–Crippen LogP) is 6.03. The third kappa shape index (κ3) is 3.96. The molecule has 0 aliphatic carbocycles. The van der Waals surface area contributed by atoms with Crippen molar-refractivity contribution < 1.29 is 9.53 Å². The Kier molecular flexibility index (Phi) is 6.04. The maximum absolute atomic E-state index is 12.4. The van der Waals surface area contributed by atoms with E-state index in [1.165, 1.54) is 16.2 Å². The van der Waals surface area contributed by atoms with Gasteiger partial charge in [0.1, 0.15) is 11.6 Å². The smallest absolute Gasteiger partial charge is 0.248 e. The Morgan fingerprint density at radius 1 is 1.23 bits per heavy atom. The van der Waals surface area contributed by atoms with Gasteiger partial charge in [-0.05, 0) is 30.3 Å². The van der Waals surface area contributed by atoms with Gasteiger partial charge in [-0.1, -0.05) is 29.3 Å². The summed E-state index contributed by atoms with van der Waals surface area (Å²) in [5.41, 5.74) is 2.02. The highest BCUT2D eigenvalue weighted by Crippen LogP contribution is 2.36.